The summed E-state index contributed by atoms with van der Waals surface area (Å²) in [6.45, 7) is 3.71. The molecule has 0 bridgehead atoms. The van der Waals surface area contributed by atoms with Gasteiger partial charge in [0, 0.05) is 5.92 Å². The van der Waals surface area contributed by atoms with E-state index in [9.17, 15) is 35.4 Å². The van der Waals surface area contributed by atoms with Crippen molar-refractivity contribution in [3.8, 4) is 0 Å². The summed E-state index contributed by atoms with van der Waals surface area (Å²) in [7, 11) is 0. The van der Waals surface area contributed by atoms with E-state index in [1.165, 1.54) is 0 Å². The van der Waals surface area contributed by atoms with Crippen LogP contribution in [0.25, 0.3) is 0 Å². The minimum Gasteiger partial charge on any atom is -0.459 e. The molecule has 10 atom stereocenters. The zero-order valence-corrected chi connectivity index (χ0v) is 17.7. The maximum Gasteiger partial charge on any atom is 0.306 e. The number of aliphatic hydroxyl groups is 6. The van der Waals surface area contributed by atoms with Crippen LogP contribution in [0.4, 0.5) is 0 Å². The first-order valence-electron chi connectivity index (χ1n) is 10.2. The number of esters is 1. The lowest BCUT2D eigenvalue weighted by molar-refractivity contribution is -0.322. The Morgan fingerprint density at radius 1 is 1.13 bits per heavy atom. The van der Waals surface area contributed by atoms with Gasteiger partial charge in [-0.15, -0.1) is 0 Å². The van der Waals surface area contributed by atoms with Crippen LogP contribution in [0.2, 0.25) is 0 Å². The second kappa shape index (κ2) is 9.14. The van der Waals surface area contributed by atoms with Gasteiger partial charge in [-0.3, -0.25) is 4.79 Å². The lowest BCUT2D eigenvalue weighted by Gasteiger charge is -2.42. The lowest BCUT2D eigenvalue weighted by Crippen LogP contribution is -2.60. The van der Waals surface area contributed by atoms with Gasteiger partial charge in [-0.1, -0.05) is 0 Å². The van der Waals surface area contributed by atoms with E-state index in [1.807, 2.05) is 0 Å². The molecule has 3 aliphatic rings. The highest BCUT2D eigenvalue weighted by Gasteiger charge is 2.51. The van der Waals surface area contributed by atoms with Crippen molar-refractivity contribution in [1.82, 2.24) is 0 Å². The quantitative estimate of drug-likeness (QED) is 0.215. The average Bonchev–Trinajstić information content (AvgIpc) is 3.16. The predicted molar refractivity (Wildman–Crippen MR) is 99.2 cm³/mol. The molecule has 31 heavy (non-hydrogen) atoms. The summed E-state index contributed by atoms with van der Waals surface area (Å²) in [5.41, 5.74) is -2.66. The van der Waals surface area contributed by atoms with Crippen molar-refractivity contribution < 1.29 is 59.1 Å². The van der Waals surface area contributed by atoms with Crippen LogP contribution in [-0.2, 0) is 28.5 Å². The van der Waals surface area contributed by atoms with Crippen LogP contribution in [0, 0.1) is 5.92 Å². The molecule has 0 spiro atoms. The van der Waals surface area contributed by atoms with E-state index >= 15 is 0 Å². The molecule has 3 heterocycles. The minimum atomic E-state index is -1.87. The molecule has 0 aromatic rings. The molecular formula is C19H32O12. The number of carbonyl (C=O) groups excluding carboxylic acids is 1. The van der Waals surface area contributed by atoms with Gasteiger partial charge in [0.2, 0.25) is 0 Å². The highest BCUT2D eigenvalue weighted by molar-refractivity contribution is 5.72. The standard InChI is InChI=1S/C19H32O12/c1-8(9-4-11(21)31-18(9,2)3)29-16-14(24)13(23)12(22)10(30-16)5-27-17-15(25)19(26,6-20)7-28-17/h8-10,12-17,20,22-26H,4-7H2,1-3H3/t8?,9?,10-,12-,13+,14-,15+,16-,17-,19-/m1/s1. The molecule has 3 rings (SSSR count). The number of rotatable bonds is 7. The largest absolute Gasteiger partial charge is 0.459 e. The molecular weight excluding hydrogens is 420 g/mol. The van der Waals surface area contributed by atoms with Gasteiger partial charge < -0.3 is 54.3 Å². The fraction of sp³-hybridized carbons (Fsp3) is 0.947. The number of hydrogen-bond acceptors (Lipinski definition) is 12. The highest BCUT2D eigenvalue weighted by atomic mass is 16.7. The molecule has 180 valence electrons. The Kier molecular flexibility index (Phi) is 7.28. The first-order chi connectivity index (χ1) is 14.4. The van der Waals surface area contributed by atoms with Gasteiger partial charge in [0.1, 0.15) is 41.7 Å². The Hall–Kier alpha value is -0.930. The van der Waals surface area contributed by atoms with Crippen LogP contribution in [0.15, 0.2) is 0 Å². The smallest absolute Gasteiger partial charge is 0.306 e. The van der Waals surface area contributed by atoms with E-state index in [-0.39, 0.29) is 31.5 Å². The zero-order chi connectivity index (χ0) is 23.1. The van der Waals surface area contributed by atoms with E-state index in [0.717, 1.165) is 0 Å². The van der Waals surface area contributed by atoms with Crippen LogP contribution < -0.4 is 0 Å². The number of ether oxygens (including phenoxy) is 5. The maximum absolute atomic E-state index is 11.7. The molecule has 0 amide bonds. The van der Waals surface area contributed by atoms with E-state index in [0.29, 0.717) is 0 Å². The second-order valence-corrected chi connectivity index (χ2v) is 8.96. The summed E-state index contributed by atoms with van der Waals surface area (Å²) in [5, 5.41) is 60.0. The summed E-state index contributed by atoms with van der Waals surface area (Å²) >= 11 is 0. The number of hydrogen-bond donors (Lipinski definition) is 6. The lowest BCUT2D eigenvalue weighted by atomic mass is 9.86. The Morgan fingerprint density at radius 3 is 2.35 bits per heavy atom. The Morgan fingerprint density at radius 2 is 1.81 bits per heavy atom. The Balaban J connectivity index is 1.61. The second-order valence-electron chi connectivity index (χ2n) is 8.96. The summed E-state index contributed by atoms with van der Waals surface area (Å²) in [4.78, 5) is 11.7. The maximum atomic E-state index is 11.7. The third-order valence-electron chi connectivity index (χ3n) is 6.24. The number of aliphatic hydroxyl groups excluding tert-OH is 5. The van der Waals surface area contributed by atoms with Crippen molar-refractivity contribution in [2.24, 2.45) is 5.92 Å². The van der Waals surface area contributed by atoms with Gasteiger partial charge in [0.05, 0.1) is 32.3 Å². The number of cyclic esters (lactones) is 1. The van der Waals surface area contributed by atoms with E-state index in [2.05, 4.69) is 0 Å². The van der Waals surface area contributed by atoms with Gasteiger partial charge in [0.15, 0.2) is 12.6 Å². The molecule has 2 unspecified atom stereocenters. The first kappa shape index (κ1) is 24.7. The molecule has 6 N–H and O–H groups in total. The first-order valence-corrected chi connectivity index (χ1v) is 10.2. The van der Waals surface area contributed by atoms with Crippen LogP contribution in [-0.4, -0.2) is 117 Å². The molecule has 3 fully saturated rings. The monoisotopic (exact) mass is 452 g/mol. The summed E-state index contributed by atoms with van der Waals surface area (Å²) < 4.78 is 27.2. The molecule has 0 aromatic heterocycles. The molecule has 0 aromatic carbocycles. The normalized spacial score (nSPS) is 46.2. The third kappa shape index (κ3) is 4.88. The van der Waals surface area contributed by atoms with Crippen LogP contribution in [0.1, 0.15) is 27.2 Å². The summed E-state index contributed by atoms with van der Waals surface area (Å²) in [6.07, 6.45) is -10.5. The van der Waals surface area contributed by atoms with E-state index in [1.54, 1.807) is 20.8 Å². The van der Waals surface area contributed by atoms with Crippen molar-refractivity contribution >= 4 is 5.97 Å². The molecule has 3 aliphatic heterocycles. The van der Waals surface area contributed by atoms with E-state index in [4.69, 9.17) is 23.7 Å². The topological polar surface area (TPSA) is 185 Å². The fourth-order valence-electron chi connectivity index (χ4n) is 4.16. The van der Waals surface area contributed by atoms with Crippen molar-refractivity contribution in [2.45, 2.75) is 87.6 Å². The molecule has 3 saturated heterocycles. The molecule has 12 nitrogen and oxygen atoms in total. The Labute approximate surface area is 179 Å². The molecule has 0 saturated carbocycles. The molecule has 0 aliphatic carbocycles. The number of carbonyl (C=O) groups is 1. The van der Waals surface area contributed by atoms with Crippen LogP contribution >= 0.6 is 0 Å². The zero-order valence-electron chi connectivity index (χ0n) is 17.7. The van der Waals surface area contributed by atoms with Gasteiger partial charge in [-0.05, 0) is 20.8 Å². The SMILES string of the molecule is CC(O[C@@H]1O[C@H](CO[C@@H]2OC[C@](O)(CO)[C@H]2O)[C@@H](O)[C@H](O)[C@H]1O)C1CC(=O)OC1(C)C. The van der Waals surface area contributed by atoms with Crippen molar-refractivity contribution in [3.63, 3.8) is 0 Å². The fourth-order valence-corrected chi connectivity index (χ4v) is 4.16. The van der Waals surface area contributed by atoms with Crippen LogP contribution in [0.3, 0.4) is 0 Å². The average molecular weight is 452 g/mol. The highest BCUT2D eigenvalue weighted by Crippen LogP contribution is 2.37. The molecule has 12 heteroatoms. The minimum absolute atomic E-state index is 0.124. The van der Waals surface area contributed by atoms with Crippen molar-refractivity contribution in [3.05, 3.63) is 0 Å². The van der Waals surface area contributed by atoms with E-state index < -0.39 is 67.0 Å². The van der Waals surface area contributed by atoms with Gasteiger partial charge in [0.25, 0.3) is 0 Å². The van der Waals surface area contributed by atoms with Crippen LogP contribution in [0.5, 0.6) is 0 Å². The molecule has 0 radical (unpaired) electrons. The van der Waals surface area contributed by atoms with Gasteiger partial charge >= 0.3 is 5.97 Å². The van der Waals surface area contributed by atoms with Crippen molar-refractivity contribution in [1.29, 1.82) is 0 Å². The van der Waals surface area contributed by atoms with Crippen molar-refractivity contribution in [2.75, 3.05) is 19.8 Å². The summed E-state index contributed by atoms with van der Waals surface area (Å²) in [5.74, 6) is -0.692. The van der Waals surface area contributed by atoms with Gasteiger partial charge in [-0.25, -0.2) is 0 Å². The summed E-state index contributed by atoms with van der Waals surface area (Å²) in [6, 6.07) is 0. The van der Waals surface area contributed by atoms with Gasteiger partial charge in [-0.2, -0.15) is 0 Å². The third-order valence-corrected chi connectivity index (χ3v) is 6.24. The Bertz CT molecular complexity index is 643. The predicted octanol–water partition coefficient (Wildman–Crippen LogP) is -3.00.